The Balaban J connectivity index is 2.26. The SMILES string of the molecule is CC1(C)CC(=O)N2CCC[C@H]2C(=O)N1. The number of fused-ring (bicyclic) bond motifs is 1. The largest absolute Gasteiger partial charge is 0.349 e. The Labute approximate surface area is 83.6 Å². The predicted molar refractivity (Wildman–Crippen MR) is 51.6 cm³/mol. The summed E-state index contributed by atoms with van der Waals surface area (Å²) in [5.41, 5.74) is -0.390. The first kappa shape index (κ1) is 9.49. The highest BCUT2D eigenvalue weighted by atomic mass is 16.2. The maximum absolute atomic E-state index is 11.8. The Morgan fingerprint density at radius 3 is 2.86 bits per heavy atom. The van der Waals surface area contributed by atoms with E-state index in [1.165, 1.54) is 0 Å². The van der Waals surface area contributed by atoms with Gasteiger partial charge in [0.2, 0.25) is 11.8 Å². The Hall–Kier alpha value is -1.06. The molecule has 0 aliphatic carbocycles. The lowest BCUT2D eigenvalue weighted by Gasteiger charge is -2.22. The van der Waals surface area contributed by atoms with Crippen molar-refractivity contribution in [3.05, 3.63) is 0 Å². The molecule has 14 heavy (non-hydrogen) atoms. The van der Waals surface area contributed by atoms with Crippen molar-refractivity contribution in [2.24, 2.45) is 0 Å². The van der Waals surface area contributed by atoms with Gasteiger partial charge in [-0.3, -0.25) is 9.59 Å². The van der Waals surface area contributed by atoms with E-state index in [4.69, 9.17) is 0 Å². The van der Waals surface area contributed by atoms with Gasteiger partial charge in [-0.25, -0.2) is 0 Å². The second-order valence-electron chi connectivity index (χ2n) is 4.80. The molecule has 4 nitrogen and oxygen atoms in total. The van der Waals surface area contributed by atoms with Crippen molar-refractivity contribution >= 4 is 11.8 Å². The maximum Gasteiger partial charge on any atom is 0.243 e. The number of carbonyl (C=O) groups is 2. The summed E-state index contributed by atoms with van der Waals surface area (Å²) in [6.45, 7) is 4.53. The fourth-order valence-corrected chi connectivity index (χ4v) is 2.28. The van der Waals surface area contributed by atoms with Crippen molar-refractivity contribution in [1.82, 2.24) is 10.2 Å². The number of rotatable bonds is 0. The van der Waals surface area contributed by atoms with Crippen LogP contribution >= 0.6 is 0 Å². The number of nitrogens with zero attached hydrogens (tertiary/aromatic N) is 1. The molecule has 2 rings (SSSR count). The van der Waals surface area contributed by atoms with E-state index in [-0.39, 0.29) is 17.9 Å². The van der Waals surface area contributed by atoms with Gasteiger partial charge in [0.1, 0.15) is 6.04 Å². The third-order valence-corrected chi connectivity index (χ3v) is 2.93. The quantitative estimate of drug-likeness (QED) is 0.605. The van der Waals surface area contributed by atoms with E-state index in [1.807, 2.05) is 13.8 Å². The molecule has 0 radical (unpaired) electrons. The van der Waals surface area contributed by atoms with E-state index in [1.54, 1.807) is 4.90 Å². The molecule has 0 aromatic carbocycles. The van der Waals surface area contributed by atoms with Crippen molar-refractivity contribution < 1.29 is 9.59 Å². The van der Waals surface area contributed by atoms with E-state index in [9.17, 15) is 9.59 Å². The zero-order valence-corrected chi connectivity index (χ0v) is 8.67. The smallest absolute Gasteiger partial charge is 0.243 e. The number of hydrogen-bond acceptors (Lipinski definition) is 2. The molecule has 0 spiro atoms. The third-order valence-electron chi connectivity index (χ3n) is 2.93. The minimum atomic E-state index is -0.390. The van der Waals surface area contributed by atoms with Gasteiger partial charge in [-0.15, -0.1) is 0 Å². The summed E-state index contributed by atoms with van der Waals surface area (Å²) in [5, 5.41) is 2.92. The summed E-state index contributed by atoms with van der Waals surface area (Å²) in [5.74, 6) is 0.120. The molecule has 2 aliphatic rings. The van der Waals surface area contributed by atoms with E-state index >= 15 is 0 Å². The fourth-order valence-electron chi connectivity index (χ4n) is 2.28. The molecular weight excluding hydrogens is 180 g/mol. The van der Waals surface area contributed by atoms with Crippen LogP contribution in [0.25, 0.3) is 0 Å². The first-order valence-electron chi connectivity index (χ1n) is 5.11. The third kappa shape index (κ3) is 1.49. The van der Waals surface area contributed by atoms with Crippen LogP contribution < -0.4 is 5.32 Å². The van der Waals surface area contributed by atoms with Crippen molar-refractivity contribution in [3.8, 4) is 0 Å². The molecular formula is C10H16N2O2. The van der Waals surface area contributed by atoms with Gasteiger partial charge < -0.3 is 10.2 Å². The average molecular weight is 196 g/mol. The normalized spacial score (nSPS) is 31.0. The van der Waals surface area contributed by atoms with Crippen LogP contribution in [-0.2, 0) is 9.59 Å². The molecule has 2 amide bonds. The minimum Gasteiger partial charge on any atom is -0.349 e. The van der Waals surface area contributed by atoms with Gasteiger partial charge in [0.15, 0.2) is 0 Å². The van der Waals surface area contributed by atoms with Crippen LogP contribution in [0.3, 0.4) is 0 Å². The summed E-state index contributed by atoms with van der Waals surface area (Å²) >= 11 is 0. The lowest BCUT2D eigenvalue weighted by atomic mass is 10.0. The highest BCUT2D eigenvalue weighted by Crippen LogP contribution is 2.24. The van der Waals surface area contributed by atoms with Crippen LogP contribution in [0.4, 0.5) is 0 Å². The number of carbonyl (C=O) groups excluding carboxylic acids is 2. The number of amides is 2. The summed E-state index contributed by atoms with van der Waals surface area (Å²) in [6.07, 6.45) is 2.17. The van der Waals surface area contributed by atoms with Crippen LogP contribution in [0.2, 0.25) is 0 Å². The molecule has 0 saturated carbocycles. The summed E-state index contributed by atoms with van der Waals surface area (Å²) < 4.78 is 0. The molecule has 1 N–H and O–H groups in total. The standard InChI is InChI=1S/C10H16N2O2/c1-10(2)6-8(13)12-5-3-4-7(12)9(14)11-10/h7H,3-6H2,1-2H3,(H,11,14)/t7-/m0/s1. The lowest BCUT2D eigenvalue weighted by Crippen LogP contribution is -2.46. The Bertz CT molecular complexity index is 260. The first-order chi connectivity index (χ1) is 6.49. The molecule has 78 valence electrons. The minimum absolute atomic E-state index is 0.0124. The number of hydrogen-bond donors (Lipinski definition) is 1. The monoisotopic (exact) mass is 196 g/mol. The van der Waals surface area contributed by atoms with E-state index < -0.39 is 5.54 Å². The average Bonchev–Trinajstić information content (AvgIpc) is 2.45. The summed E-state index contributed by atoms with van der Waals surface area (Å²) in [7, 11) is 0. The van der Waals surface area contributed by atoms with Gasteiger partial charge in [-0.05, 0) is 26.7 Å². The van der Waals surface area contributed by atoms with E-state index in [0.717, 1.165) is 19.4 Å². The second kappa shape index (κ2) is 2.97. The molecule has 0 bridgehead atoms. The molecule has 1 atom stereocenters. The number of nitrogens with one attached hydrogen (secondary N) is 1. The van der Waals surface area contributed by atoms with Gasteiger partial charge in [0.25, 0.3) is 0 Å². The van der Waals surface area contributed by atoms with Gasteiger partial charge in [-0.1, -0.05) is 0 Å². The fraction of sp³-hybridized carbons (Fsp3) is 0.800. The molecule has 2 aliphatic heterocycles. The summed E-state index contributed by atoms with van der Waals surface area (Å²) in [4.78, 5) is 25.3. The van der Waals surface area contributed by atoms with Gasteiger partial charge in [-0.2, -0.15) is 0 Å². The van der Waals surface area contributed by atoms with Gasteiger partial charge in [0.05, 0.1) is 0 Å². The zero-order chi connectivity index (χ0) is 10.3. The van der Waals surface area contributed by atoms with Crippen LogP contribution in [0.5, 0.6) is 0 Å². The topological polar surface area (TPSA) is 49.4 Å². The highest BCUT2D eigenvalue weighted by Gasteiger charge is 2.41. The molecule has 2 saturated heterocycles. The van der Waals surface area contributed by atoms with E-state index in [0.29, 0.717) is 6.42 Å². The van der Waals surface area contributed by atoms with Crippen LogP contribution in [-0.4, -0.2) is 34.8 Å². The predicted octanol–water partition coefficient (Wildman–Crippen LogP) is 0.276. The highest BCUT2D eigenvalue weighted by molar-refractivity contribution is 5.91. The van der Waals surface area contributed by atoms with Crippen LogP contribution in [0.15, 0.2) is 0 Å². The maximum atomic E-state index is 11.8. The van der Waals surface area contributed by atoms with Crippen molar-refractivity contribution in [2.45, 2.75) is 44.7 Å². The molecule has 0 aromatic heterocycles. The van der Waals surface area contributed by atoms with Gasteiger partial charge >= 0.3 is 0 Å². The zero-order valence-electron chi connectivity index (χ0n) is 8.67. The van der Waals surface area contributed by atoms with Crippen molar-refractivity contribution in [3.63, 3.8) is 0 Å². The van der Waals surface area contributed by atoms with Crippen molar-refractivity contribution in [1.29, 1.82) is 0 Å². The molecule has 0 aromatic rings. The van der Waals surface area contributed by atoms with Crippen LogP contribution in [0, 0.1) is 0 Å². The molecule has 2 heterocycles. The second-order valence-corrected chi connectivity index (χ2v) is 4.80. The Morgan fingerprint density at radius 2 is 2.14 bits per heavy atom. The van der Waals surface area contributed by atoms with E-state index in [2.05, 4.69) is 5.32 Å². The Morgan fingerprint density at radius 1 is 1.43 bits per heavy atom. The Kier molecular flexibility index (Phi) is 2.01. The lowest BCUT2D eigenvalue weighted by molar-refractivity contribution is -0.135. The van der Waals surface area contributed by atoms with Crippen molar-refractivity contribution in [2.75, 3.05) is 6.54 Å². The molecule has 2 fully saturated rings. The van der Waals surface area contributed by atoms with Crippen LogP contribution in [0.1, 0.15) is 33.1 Å². The molecule has 4 heteroatoms. The van der Waals surface area contributed by atoms with Gasteiger partial charge in [0, 0.05) is 18.5 Å². The summed E-state index contributed by atoms with van der Waals surface area (Å²) in [6, 6.07) is -0.204. The molecule has 0 unspecified atom stereocenters. The first-order valence-corrected chi connectivity index (χ1v) is 5.11.